The minimum Gasteiger partial charge on any atom is -0.347 e. The van der Waals surface area contributed by atoms with E-state index < -0.39 is 5.79 Å². The third-order valence-electron chi connectivity index (χ3n) is 3.45. The van der Waals surface area contributed by atoms with Crippen LogP contribution in [-0.2, 0) is 22.3 Å². The highest BCUT2D eigenvalue weighted by Crippen LogP contribution is 2.28. The standard InChI is InChI=1S/C17H18O2/c1-3-7-15(8-4-1)13-17(18-11-12-19-17)14-16-9-5-2-6-10-16/h1-10H,11-14H2. The highest BCUT2D eigenvalue weighted by molar-refractivity contribution is 5.20. The van der Waals surface area contributed by atoms with Crippen molar-refractivity contribution in [2.24, 2.45) is 0 Å². The van der Waals surface area contributed by atoms with E-state index in [0.717, 1.165) is 12.8 Å². The first-order chi connectivity index (χ1) is 9.36. The second-order valence-corrected chi connectivity index (χ2v) is 4.93. The van der Waals surface area contributed by atoms with Gasteiger partial charge in [-0.15, -0.1) is 0 Å². The first kappa shape index (κ1) is 12.4. The molecule has 2 heteroatoms. The van der Waals surface area contributed by atoms with Crippen LogP contribution in [0.25, 0.3) is 0 Å². The molecule has 98 valence electrons. The monoisotopic (exact) mass is 254 g/mol. The summed E-state index contributed by atoms with van der Waals surface area (Å²) in [6.07, 6.45) is 1.59. The Kier molecular flexibility index (Phi) is 3.62. The van der Waals surface area contributed by atoms with E-state index in [1.807, 2.05) is 12.1 Å². The Morgan fingerprint density at radius 2 is 1.11 bits per heavy atom. The molecule has 0 aliphatic carbocycles. The van der Waals surface area contributed by atoms with Crippen LogP contribution in [0.5, 0.6) is 0 Å². The van der Waals surface area contributed by atoms with E-state index >= 15 is 0 Å². The highest BCUT2D eigenvalue weighted by Gasteiger charge is 2.36. The van der Waals surface area contributed by atoms with Gasteiger partial charge in [-0.25, -0.2) is 0 Å². The van der Waals surface area contributed by atoms with Crippen LogP contribution in [0.4, 0.5) is 0 Å². The molecule has 0 radical (unpaired) electrons. The number of benzene rings is 2. The molecule has 0 atom stereocenters. The van der Waals surface area contributed by atoms with Crippen molar-refractivity contribution in [3.8, 4) is 0 Å². The largest absolute Gasteiger partial charge is 0.347 e. The predicted molar refractivity (Wildman–Crippen MR) is 74.9 cm³/mol. The number of hydrogen-bond donors (Lipinski definition) is 0. The fourth-order valence-electron chi connectivity index (χ4n) is 2.58. The molecule has 2 nitrogen and oxygen atoms in total. The van der Waals surface area contributed by atoms with Crippen LogP contribution in [0.2, 0.25) is 0 Å². The lowest BCUT2D eigenvalue weighted by atomic mass is 9.98. The van der Waals surface area contributed by atoms with E-state index in [0.29, 0.717) is 13.2 Å². The van der Waals surface area contributed by atoms with Gasteiger partial charge in [0, 0.05) is 12.8 Å². The lowest BCUT2D eigenvalue weighted by Gasteiger charge is -2.27. The second-order valence-electron chi connectivity index (χ2n) is 4.93. The first-order valence-electron chi connectivity index (χ1n) is 6.72. The minimum absolute atomic E-state index is 0.497. The van der Waals surface area contributed by atoms with Gasteiger partial charge in [0.15, 0.2) is 5.79 Å². The van der Waals surface area contributed by atoms with Crippen molar-refractivity contribution in [2.75, 3.05) is 13.2 Å². The molecule has 1 heterocycles. The summed E-state index contributed by atoms with van der Waals surface area (Å²) in [6.45, 7) is 1.36. The summed E-state index contributed by atoms with van der Waals surface area (Å²) in [5, 5.41) is 0. The molecule has 1 fully saturated rings. The van der Waals surface area contributed by atoms with E-state index in [-0.39, 0.29) is 0 Å². The van der Waals surface area contributed by atoms with Gasteiger partial charge >= 0.3 is 0 Å². The van der Waals surface area contributed by atoms with Gasteiger partial charge in [-0.1, -0.05) is 60.7 Å². The maximum absolute atomic E-state index is 5.93. The molecule has 0 saturated carbocycles. The van der Waals surface area contributed by atoms with Gasteiger partial charge in [-0.05, 0) is 11.1 Å². The maximum atomic E-state index is 5.93. The molecule has 0 N–H and O–H groups in total. The Hall–Kier alpha value is -1.64. The Morgan fingerprint density at radius 1 is 0.684 bits per heavy atom. The van der Waals surface area contributed by atoms with Crippen molar-refractivity contribution in [2.45, 2.75) is 18.6 Å². The normalized spacial score (nSPS) is 17.5. The third kappa shape index (κ3) is 3.03. The fourth-order valence-corrected chi connectivity index (χ4v) is 2.58. The van der Waals surface area contributed by atoms with Crippen LogP contribution < -0.4 is 0 Å². The smallest absolute Gasteiger partial charge is 0.176 e. The molecule has 0 bridgehead atoms. The highest BCUT2D eigenvalue weighted by atomic mass is 16.7. The van der Waals surface area contributed by atoms with E-state index in [1.54, 1.807) is 0 Å². The zero-order chi connectivity index (χ0) is 13.0. The Morgan fingerprint density at radius 3 is 1.53 bits per heavy atom. The molecule has 0 aromatic heterocycles. The zero-order valence-electron chi connectivity index (χ0n) is 10.9. The van der Waals surface area contributed by atoms with E-state index in [4.69, 9.17) is 9.47 Å². The molecular weight excluding hydrogens is 236 g/mol. The number of rotatable bonds is 4. The van der Waals surface area contributed by atoms with Crippen molar-refractivity contribution in [1.82, 2.24) is 0 Å². The van der Waals surface area contributed by atoms with Gasteiger partial charge in [0.1, 0.15) is 0 Å². The number of ether oxygens (including phenoxy) is 2. The molecule has 2 aromatic rings. The van der Waals surface area contributed by atoms with Gasteiger partial charge < -0.3 is 9.47 Å². The summed E-state index contributed by atoms with van der Waals surface area (Å²) >= 11 is 0. The average Bonchev–Trinajstić information content (AvgIpc) is 2.89. The SMILES string of the molecule is c1ccc(CC2(Cc3ccccc3)OCCO2)cc1. The topological polar surface area (TPSA) is 18.5 Å². The minimum atomic E-state index is -0.497. The Labute approximate surface area is 114 Å². The van der Waals surface area contributed by atoms with Gasteiger partial charge in [-0.3, -0.25) is 0 Å². The molecule has 1 aliphatic heterocycles. The van der Waals surface area contributed by atoms with Crippen molar-refractivity contribution in [3.05, 3.63) is 71.8 Å². The fraction of sp³-hybridized carbons (Fsp3) is 0.294. The summed E-state index contributed by atoms with van der Waals surface area (Å²) < 4.78 is 11.9. The van der Waals surface area contributed by atoms with Crippen molar-refractivity contribution in [1.29, 1.82) is 0 Å². The molecule has 1 saturated heterocycles. The average molecular weight is 254 g/mol. The third-order valence-corrected chi connectivity index (χ3v) is 3.45. The van der Waals surface area contributed by atoms with Gasteiger partial charge in [0.2, 0.25) is 0 Å². The molecular formula is C17H18O2. The number of hydrogen-bond acceptors (Lipinski definition) is 2. The van der Waals surface area contributed by atoms with Crippen molar-refractivity contribution >= 4 is 0 Å². The Balaban J connectivity index is 1.79. The molecule has 0 amide bonds. The van der Waals surface area contributed by atoms with Crippen LogP contribution in [-0.4, -0.2) is 19.0 Å². The van der Waals surface area contributed by atoms with Crippen molar-refractivity contribution < 1.29 is 9.47 Å². The van der Waals surface area contributed by atoms with E-state index in [1.165, 1.54) is 11.1 Å². The van der Waals surface area contributed by atoms with Crippen LogP contribution in [0.1, 0.15) is 11.1 Å². The molecule has 0 spiro atoms. The molecule has 1 aliphatic rings. The summed E-state index contributed by atoms with van der Waals surface area (Å²) in [5.41, 5.74) is 2.50. The summed E-state index contributed by atoms with van der Waals surface area (Å²) in [6, 6.07) is 20.8. The van der Waals surface area contributed by atoms with Gasteiger partial charge in [-0.2, -0.15) is 0 Å². The predicted octanol–water partition coefficient (Wildman–Crippen LogP) is 3.21. The zero-order valence-corrected chi connectivity index (χ0v) is 10.9. The Bertz CT molecular complexity index is 458. The summed E-state index contributed by atoms with van der Waals surface area (Å²) in [7, 11) is 0. The van der Waals surface area contributed by atoms with Crippen LogP contribution in [0.15, 0.2) is 60.7 Å². The van der Waals surface area contributed by atoms with E-state index in [9.17, 15) is 0 Å². The van der Waals surface area contributed by atoms with Gasteiger partial charge in [0.25, 0.3) is 0 Å². The lowest BCUT2D eigenvalue weighted by molar-refractivity contribution is -0.154. The summed E-state index contributed by atoms with van der Waals surface area (Å²) in [4.78, 5) is 0. The molecule has 19 heavy (non-hydrogen) atoms. The first-order valence-corrected chi connectivity index (χ1v) is 6.72. The maximum Gasteiger partial charge on any atom is 0.176 e. The van der Waals surface area contributed by atoms with Crippen LogP contribution in [0.3, 0.4) is 0 Å². The van der Waals surface area contributed by atoms with Gasteiger partial charge in [0.05, 0.1) is 13.2 Å². The van der Waals surface area contributed by atoms with Crippen molar-refractivity contribution in [3.63, 3.8) is 0 Å². The molecule has 3 rings (SSSR count). The quantitative estimate of drug-likeness (QED) is 0.834. The molecule has 2 aromatic carbocycles. The second kappa shape index (κ2) is 5.55. The lowest BCUT2D eigenvalue weighted by Crippen LogP contribution is -2.35. The van der Waals surface area contributed by atoms with Crippen LogP contribution in [0, 0.1) is 0 Å². The van der Waals surface area contributed by atoms with E-state index in [2.05, 4.69) is 48.5 Å². The summed E-state index contributed by atoms with van der Waals surface area (Å²) in [5.74, 6) is -0.497. The van der Waals surface area contributed by atoms with Crippen LogP contribution >= 0.6 is 0 Å². The molecule has 0 unspecified atom stereocenters.